The van der Waals surface area contributed by atoms with E-state index >= 15 is 0 Å². The summed E-state index contributed by atoms with van der Waals surface area (Å²) in [6.45, 7) is 2.53. The van der Waals surface area contributed by atoms with Crippen LogP contribution in [0.25, 0.3) is 0 Å². The molecule has 4 heteroatoms. The lowest BCUT2D eigenvalue weighted by Gasteiger charge is -2.35. The minimum Gasteiger partial charge on any atom is -0.373 e. The molecule has 1 heterocycles. The van der Waals surface area contributed by atoms with Gasteiger partial charge in [0.15, 0.2) is 0 Å². The fraction of sp³-hybridized carbons (Fsp3) is 0.769. The molecule has 0 aromatic carbocycles. The average Bonchev–Trinajstić information content (AvgIpc) is 3.00. The highest BCUT2D eigenvalue weighted by Crippen LogP contribution is 2.44. The summed E-state index contributed by atoms with van der Waals surface area (Å²) in [7, 11) is 0. The van der Waals surface area contributed by atoms with Gasteiger partial charge < -0.3 is 15.4 Å². The zero-order chi connectivity index (χ0) is 11.8. The topological polar surface area (TPSA) is 55.6 Å². The summed E-state index contributed by atoms with van der Waals surface area (Å²) in [6.07, 6.45) is 6.77. The first-order chi connectivity index (χ1) is 8.28. The van der Waals surface area contributed by atoms with Crippen molar-refractivity contribution in [3.63, 3.8) is 0 Å². The highest BCUT2D eigenvalue weighted by Gasteiger charge is 2.42. The van der Waals surface area contributed by atoms with Crippen LogP contribution in [0, 0.1) is 17.8 Å². The summed E-state index contributed by atoms with van der Waals surface area (Å²) >= 11 is 0. The van der Waals surface area contributed by atoms with Crippen LogP contribution in [0.5, 0.6) is 0 Å². The summed E-state index contributed by atoms with van der Waals surface area (Å²) < 4.78 is 5.50. The molecule has 4 nitrogen and oxygen atoms in total. The van der Waals surface area contributed by atoms with Crippen molar-refractivity contribution >= 4 is 5.91 Å². The molecule has 3 rings (SSSR count). The maximum Gasteiger partial charge on any atom is 0.226 e. The summed E-state index contributed by atoms with van der Waals surface area (Å²) in [5.74, 6) is 1.69. The molecule has 0 spiro atoms. The molecule has 1 saturated carbocycles. The molecule has 3 aliphatic rings. The van der Waals surface area contributed by atoms with Gasteiger partial charge in [-0.2, -0.15) is 0 Å². The summed E-state index contributed by atoms with van der Waals surface area (Å²) in [6, 6.07) is 0. The van der Waals surface area contributed by atoms with Crippen molar-refractivity contribution in [1.29, 1.82) is 0 Å². The number of allylic oxidation sites excluding steroid dienone is 2. The maximum atomic E-state index is 12.4. The first-order valence-corrected chi connectivity index (χ1v) is 6.56. The molecule has 1 saturated heterocycles. The van der Waals surface area contributed by atoms with Gasteiger partial charge in [-0.05, 0) is 24.7 Å². The van der Waals surface area contributed by atoms with E-state index < -0.39 is 0 Å². The summed E-state index contributed by atoms with van der Waals surface area (Å²) in [5, 5.41) is 0. The Hall–Kier alpha value is -0.870. The molecule has 2 aliphatic carbocycles. The fourth-order valence-electron chi connectivity index (χ4n) is 3.36. The Bertz CT molecular complexity index is 342. The van der Waals surface area contributed by atoms with Crippen LogP contribution in [0.1, 0.15) is 12.8 Å². The average molecular weight is 236 g/mol. The number of hydrogen-bond acceptors (Lipinski definition) is 3. The van der Waals surface area contributed by atoms with Crippen LogP contribution in [-0.4, -0.2) is 43.2 Å². The zero-order valence-corrected chi connectivity index (χ0v) is 10.0. The number of morpholine rings is 1. The van der Waals surface area contributed by atoms with E-state index in [1.54, 1.807) is 0 Å². The molecule has 1 aliphatic heterocycles. The molecule has 2 fully saturated rings. The van der Waals surface area contributed by atoms with Gasteiger partial charge in [-0.1, -0.05) is 12.2 Å². The number of carbonyl (C=O) groups excluding carboxylic acids is 1. The van der Waals surface area contributed by atoms with E-state index in [4.69, 9.17) is 10.5 Å². The molecule has 94 valence electrons. The third-order valence-corrected chi connectivity index (χ3v) is 4.31. The largest absolute Gasteiger partial charge is 0.373 e. The van der Waals surface area contributed by atoms with E-state index in [2.05, 4.69) is 12.2 Å². The monoisotopic (exact) mass is 236 g/mol. The molecule has 4 atom stereocenters. The van der Waals surface area contributed by atoms with Crippen LogP contribution in [0.2, 0.25) is 0 Å². The van der Waals surface area contributed by atoms with E-state index in [0.717, 1.165) is 13.0 Å². The molecular formula is C13H20N2O2. The minimum absolute atomic E-state index is 0.0295. The second-order valence-electron chi connectivity index (χ2n) is 5.40. The van der Waals surface area contributed by atoms with Gasteiger partial charge in [0.1, 0.15) is 0 Å². The van der Waals surface area contributed by atoms with Crippen molar-refractivity contribution in [3.8, 4) is 0 Å². The van der Waals surface area contributed by atoms with Gasteiger partial charge in [-0.15, -0.1) is 0 Å². The molecule has 0 aromatic rings. The third kappa shape index (κ3) is 2.00. The van der Waals surface area contributed by atoms with Gasteiger partial charge in [-0.25, -0.2) is 0 Å². The SMILES string of the molecule is NCC1CN(C(=O)C2CC3C=CC2C3)CCO1. The highest BCUT2D eigenvalue weighted by molar-refractivity contribution is 5.80. The summed E-state index contributed by atoms with van der Waals surface area (Å²) in [4.78, 5) is 14.4. The van der Waals surface area contributed by atoms with E-state index in [1.165, 1.54) is 6.42 Å². The number of nitrogens with two attached hydrogens (primary N) is 1. The number of hydrogen-bond donors (Lipinski definition) is 1. The van der Waals surface area contributed by atoms with E-state index in [9.17, 15) is 4.79 Å². The van der Waals surface area contributed by atoms with E-state index in [0.29, 0.717) is 37.4 Å². The number of carbonyl (C=O) groups is 1. The second kappa shape index (κ2) is 4.42. The summed E-state index contributed by atoms with van der Waals surface area (Å²) in [5.41, 5.74) is 5.61. The second-order valence-corrected chi connectivity index (χ2v) is 5.40. The molecule has 17 heavy (non-hydrogen) atoms. The zero-order valence-electron chi connectivity index (χ0n) is 10.0. The number of ether oxygens (including phenoxy) is 1. The van der Waals surface area contributed by atoms with E-state index in [1.807, 2.05) is 4.90 Å². The van der Waals surface area contributed by atoms with Crippen molar-refractivity contribution in [2.45, 2.75) is 18.9 Å². The molecule has 1 amide bonds. The standard InChI is InChI=1S/C13H20N2O2/c14-7-11-8-15(3-4-17-11)13(16)12-6-9-1-2-10(12)5-9/h1-2,9-12H,3-8,14H2. The minimum atomic E-state index is 0.0295. The van der Waals surface area contributed by atoms with Crippen LogP contribution in [0.3, 0.4) is 0 Å². The smallest absolute Gasteiger partial charge is 0.226 e. The van der Waals surface area contributed by atoms with Crippen molar-refractivity contribution in [3.05, 3.63) is 12.2 Å². The van der Waals surface area contributed by atoms with Crippen molar-refractivity contribution in [1.82, 2.24) is 4.90 Å². The first-order valence-electron chi connectivity index (χ1n) is 6.56. The third-order valence-electron chi connectivity index (χ3n) is 4.31. The van der Waals surface area contributed by atoms with Gasteiger partial charge in [0.05, 0.1) is 12.7 Å². The van der Waals surface area contributed by atoms with Crippen LogP contribution >= 0.6 is 0 Å². The predicted molar refractivity (Wildman–Crippen MR) is 64.2 cm³/mol. The van der Waals surface area contributed by atoms with Crippen molar-refractivity contribution in [2.75, 3.05) is 26.2 Å². The molecule has 0 aromatic heterocycles. The lowest BCUT2D eigenvalue weighted by Crippen LogP contribution is -2.50. The Morgan fingerprint density at radius 1 is 1.41 bits per heavy atom. The quantitative estimate of drug-likeness (QED) is 0.705. The number of nitrogens with zero attached hydrogens (tertiary/aromatic N) is 1. The molecule has 4 unspecified atom stereocenters. The lowest BCUT2D eigenvalue weighted by atomic mass is 9.92. The Kier molecular flexibility index (Phi) is 2.92. The Morgan fingerprint density at radius 2 is 2.29 bits per heavy atom. The molecule has 2 N–H and O–H groups in total. The molecule has 2 bridgehead atoms. The van der Waals surface area contributed by atoms with Gasteiger partial charge in [0.2, 0.25) is 5.91 Å². The Labute approximate surface area is 102 Å². The van der Waals surface area contributed by atoms with Gasteiger partial charge >= 0.3 is 0 Å². The molecule has 0 radical (unpaired) electrons. The highest BCUT2D eigenvalue weighted by atomic mass is 16.5. The Morgan fingerprint density at radius 3 is 2.94 bits per heavy atom. The van der Waals surface area contributed by atoms with Crippen LogP contribution < -0.4 is 5.73 Å². The first kappa shape index (κ1) is 11.2. The van der Waals surface area contributed by atoms with Gasteiger partial charge in [0.25, 0.3) is 0 Å². The molecular weight excluding hydrogens is 216 g/mol. The van der Waals surface area contributed by atoms with Crippen molar-refractivity contribution in [2.24, 2.45) is 23.5 Å². The number of fused-ring (bicyclic) bond motifs is 2. The van der Waals surface area contributed by atoms with E-state index in [-0.39, 0.29) is 12.0 Å². The lowest BCUT2D eigenvalue weighted by molar-refractivity contribution is -0.143. The number of amides is 1. The number of rotatable bonds is 2. The predicted octanol–water partition coefficient (Wildman–Crippen LogP) is 0.385. The maximum absolute atomic E-state index is 12.4. The fourth-order valence-corrected chi connectivity index (χ4v) is 3.36. The Balaban J connectivity index is 1.64. The normalized spacial score (nSPS) is 39.9. The van der Waals surface area contributed by atoms with Gasteiger partial charge in [-0.3, -0.25) is 4.79 Å². The van der Waals surface area contributed by atoms with Crippen LogP contribution in [0.15, 0.2) is 12.2 Å². The van der Waals surface area contributed by atoms with Gasteiger partial charge in [0, 0.05) is 25.6 Å². The van der Waals surface area contributed by atoms with Crippen LogP contribution in [0.4, 0.5) is 0 Å². The van der Waals surface area contributed by atoms with Crippen molar-refractivity contribution < 1.29 is 9.53 Å². The van der Waals surface area contributed by atoms with Crippen LogP contribution in [-0.2, 0) is 9.53 Å².